The Labute approximate surface area is 175 Å². The number of carbonyl (C=O) groups is 1. The van der Waals surface area contributed by atoms with Gasteiger partial charge in [-0.3, -0.25) is 4.79 Å². The molecule has 0 saturated heterocycles. The normalized spacial score (nSPS) is 11.9. The number of amides is 1. The van der Waals surface area contributed by atoms with Gasteiger partial charge in [0.15, 0.2) is 11.5 Å². The summed E-state index contributed by atoms with van der Waals surface area (Å²) >= 11 is 6.35. The average molecular weight is 415 g/mol. The first-order valence-electron chi connectivity index (χ1n) is 9.03. The third kappa shape index (κ3) is 5.90. The lowest BCUT2D eigenvalue weighted by atomic mass is 10.1. The van der Waals surface area contributed by atoms with E-state index in [2.05, 4.69) is 5.32 Å². The molecular formula is C22H23ClN2O4. The van der Waals surface area contributed by atoms with E-state index in [0.717, 1.165) is 6.42 Å². The third-order valence-electron chi connectivity index (χ3n) is 4.17. The van der Waals surface area contributed by atoms with E-state index < -0.39 is 5.91 Å². The second kappa shape index (κ2) is 10.4. The van der Waals surface area contributed by atoms with Crippen molar-refractivity contribution in [3.05, 3.63) is 52.6 Å². The van der Waals surface area contributed by atoms with Crippen LogP contribution in [0, 0.1) is 11.3 Å². The summed E-state index contributed by atoms with van der Waals surface area (Å²) in [5.41, 5.74) is 1.02. The number of anilines is 1. The topological polar surface area (TPSA) is 80.6 Å². The van der Waals surface area contributed by atoms with Crippen LogP contribution in [0.15, 0.2) is 42.0 Å². The average Bonchev–Trinajstić information content (AvgIpc) is 2.73. The van der Waals surface area contributed by atoms with Crippen LogP contribution in [0.3, 0.4) is 0 Å². The summed E-state index contributed by atoms with van der Waals surface area (Å²) in [7, 11) is 3.06. The summed E-state index contributed by atoms with van der Waals surface area (Å²) in [4.78, 5) is 12.5. The molecule has 6 nitrogen and oxygen atoms in total. The molecule has 7 heteroatoms. The van der Waals surface area contributed by atoms with Gasteiger partial charge in [0.1, 0.15) is 17.4 Å². The molecule has 0 aliphatic heterocycles. The second-order valence-corrected chi connectivity index (χ2v) is 6.63. The molecule has 1 unspecified atom stereocenters. The zero-order valence-corrected chi connectivity index (χ0v) is 17.5. The van der Waals surface area contributed by atoms with Crippen molar-refractivity contribution >= 4 is 29.3 Å². The van der Waals surface area contributed by atoms with Gasteiger partial charge in [-0.1, -0.05) is 18.5 Å². The van der Waals surface area contributed by atoms with Crippen LogP contribution in [-0.2, 0) is 4.79 Å². The van der Waals surface area contributed by atoms with Gasteiger partial charge in [-0.15, -0.1) is 0 Å². The highest BCUT2D eigenvalue weighted by Crippen LogP contribution is 2.38. The lowest BCUT2D eigenvalue weighted by molar-refractivity contribution is -0.112. The van der Waals surface area contributed by atoms with Crippen molar-refractivity contribution in [2.24, 2.45) is 0 Å². The van der Waals surface area contributed by atoms with E-state index in [4.69, 9.17) is 25.8 Å². The first-order chi connectivity index (χ1) is 13.9. The minimum absolute atomic E-state index is 0.0345. The number of carbonyl (C=O) groups excluding carboxylic acids is 1. The Balaban J connectivity index is 2.28. The van der Waals surface area contributed by atoms with Crippen LogP contribution >= 0.6 is 11.6 Å². The molecule has 1 N–H and O–H groups in total. The van der Waals surface area contributed by atoms with Gasteiger partial charge in [0.2, 0.25) is 0 Å². The summed E-state index contributed by atoms with van der Waals surface area (Å²) < 4.78 is 16.3. The van der Waals surface area contributed by atoms with Crippen LogP contribution in [0.4, 0.5) is 5.69 Å². The molecule has 0 heterocycles. The number of nitrogens with zero attached hydrogens (tertiary/aromatic N) is 1. The van der Waals surface area contributed by atoms with Gasteiger partial charge in [0.25, 0.3) is 5.91 Å². The molecule has 0 spiro atoms. The fourth-order valence-corrected chi connectivity index (χ4v) is 2.67. The standard InChI is InChI=1S/C22H23ClN2O4/c1-5-14(2)29-21-19(23)11-15(12-20(21)28-4)10-16(13-24)22(26)25-17-6-8-18(27-3)9-7-17/h6-12,14H,5H2,1-4H3,(H,25,26). The highest BCUT2D eigenvalue weighted by atomic mass is 35.5. The quantitative estimate of drug-likeness (QED) is 0.481. The van der Waals surface area contributed by atoms with Crippen molar-refractivity contribution in [1.29, 1.82) is 5.26 Å². The van der Waals surface area contributed by atoms with Crippen LogP contribution in [0.2, 0.25) is 5.02 Å². The first-order valence-corrected chi connectivity index (χ1v) is 9.41. The molecule has 1 amide bonds. The number of nitrogens with one attached hydrogen (secondary N) is 1. The van der Waals surface area contributed by atoms with Crippen molar-refractivity contribution in [3.8, 4) is 23.3 Å². The Morgan fingerprint density at radius 1 is 1.24 bits per heavy atom. The van der Waals surface area contributed by atoms with E-state index in [9.17, 15) is 10.1 Å². The molecular weight excluding hydrogens is 392 g/mol. The zero-order valence-electron chi connectivity index (χ0n) is 16.8. The molecule has 0 bridgehead atoms. The number of hydrogen-bond acceptors (Lipinski definition) is 5. The molecule has 2 aromatic rings. The van der Waals surface area contributed by atoms with E-state index in [1.54, 1.807) is 43.5 Å². The Hall–Kier alpha value is -3.17. The van der Waals surface area contributed by atoms with Crippen molar-refractivity contribution in [2.45, 2.75) is 26.4 Å². The van der Waals surface area contributed by atoms with Gasteiger partial charge in [-0.25, -0.2) is 0 Å². The highest BCUT2D eigenvalue weighted by molar-refractivity contribution is 6.32. The van der Waals surface area contributed by atoms with Crippen LogP contribution in [-0.4, -0.2) is 26.2 Å². The number of halogens is 1. The molecule has 0 aliphatic carbocycles. The number of hydrogen-bond donors (Lipinski definition) is 1. The molecule has 0 fully saturated rings. The van der Waals surface area contributed by atoms with E-state index in [0.29, 0.717) is 33.5 Å². The number of benzene rings is 2. The van der Waals surface area contributed by atoms with Crippen molar-refractivity contribution in [2.75, 3.05) is 19.5 Å². The van der Waals surface area contributed by atoms with Gasteiger partial charge in [-0.2, -0.15) is 5.26 Å². The molecule has 0 aliphatic rings. The van der Waals surface area contributed by atoms with Gasteiger partial charge in [0.05, 0.1) is 25.3 Å². The highest BCUT2D eigenvalue weighted by Gasteiger charge is 2.16. The Bertz CT molecular complexity index is 933. The van der Waals surface area contributed by atoms with E-state index in [-0.39, 0.29) is 11.7 Å². The van der Waals surface area contributed by atoms with Crippen molar-refractivity contribution in [3.63, 3.8) is 0 Å². The lowest BCUT2D eigenvalue weighted by Crippen LogP contribution is -2.13. The fraction of sp³-hybridized carbons (Fsp3) is 0.273. The van der Waals surface area contributed by atoms with Crippen LogP contribution < -0.4 is 19.5 Å². The predicted molar refractivity (Wildman–Crippen MR) is 114 cm³/mol. The number of nitriles is 1. The maximum atomic E-state index is 12.5. The molecule has 1 atom stereocenters. The van der Waals surface area contributed by atoms with E-state index in [1.807, 2.05) is 19.9 Å². The maximum absolute atomic E-state index is 12.5. The van der Waals surface area contributed by atoms with Crippen LogP contribution in [0.25, 0.3) is 6.08 Å². The molecule has 0 saturated carbocycles. The van der Waals surface area contributed by atoms with Crippen molar-refractivity contribution < 1.29 is 19.0 Å². The minimum Gasteiger partial charge on any atom is -0.497 e. The smallest absolute Gasteiger partial charge is 0.266 e. The summed E-state index contributed by atoms with van der Waals surface area (Å²) in [5.74, 6) is 0.993. The molecule has 2 rings (SSSR count). The number of rotatable bonds is 8. The predicted octanol–water partition coefficient (Wildman–Crippen LogP) is 5.08. The Kier molecular flexibility index (Phi) is 7.93. The summed E-state index contributed by atoms with van der Waals surface area (Å²) in [6.45, 7) is 3.93. The summed E-state index contributed by atoms with van der Waals surface area (Å²) in [6.07, 6.45) is 2.22. The molecule has 0 radical (unpaired) electrons. The van der Waals surface area contributed by atoms with Gasteiger partial charge < -0.3 is 19.5 Å². The minimum atomic E-state index is -0.535. The lowest BCUT2D eigenvalue weighted by Gasteiger charge is -2.17. The zero-order chi connectivity index (χ0) is 21.4. The fourth-order valence-electron chi connectivity index (χ4n) is 2.41. The van der Waals surface area contributed by atoms with Gasteiger partial charge >= 0.3 is 0 Å². The first kappa shape index (κ1) is 22.1. The molecule has 0 aromatic heterocycles. The van der Waals surface area contributed by atoms with Crippen molar-refractivity contribution in [1.82, 2.24) is 0 Å². The Morgan fingerprint density at radius 2 is 1.93 bits per heavy atom. The van der Waals surface area contributed by atoms with Gasteiger partial charge in [0, 0.05) is 5.69 Å². The van der Waals surface area contributed by atoms with Gasteiger partial charge in [-0.05, 0) is 61.4 Å². The number of methoxy groups -OCH3 is 2. The molecule has 152 valence electrons. The SMILES string of the molecule is CCC(C)Oc1c(Cl)cc(C=C(C#N)C(=O)Nc2ccc(OC)cc2)cc1OC. The molecule has 29 heavy (non-hydrogen) atoms. The maximum Gasteiger partial charge on any atom is 0.266 e. The monoisotopic (exact) mass is 414 g/mol. The van der Waals surface area contributed by atoms with E-state index >= 15 is 0 Å². The largest absolute Gasteiger partial charge is 0.497 e. The summed E-state index contributed by atoms with van der Waals surface area (Å²) in [6, 6.07) is 12.0. The third-order valence-corrected chi connectivity index (χ3v) is 4.45. The summed E-state index contributed by atoms with van der Waals surface area (Å²) in [5, 5.41) is 12.4. The van der Waals surface area contributed by atoms with Crippen LogP contribution in [0.5, 0.6) is 17.2 Å². The molecule has 2 aromatic carbocycles. The Morgan fingerprint density at radius 3 is 2.48 bits per heavy atom. The van der Waals surface area contributed by atoms with Crippen LogP contribution in [0.1, 0.15) is 25.8 Å². The number of ether oxygens (including phenoxy) is 3. The second-order valence-electron chi connectivity index (χ2n) is 6.22. The van der Waals surface area contributed by atoms with E-state index in [1.165, 1.54) is 13.2 Å².